The zero-order valence-corrected chi connectivity index (χ0v) is 21.6. The van der Waals surface area contributed by atoms with Crippen LogP contribution in [-0.2, 0) is 5.41 Å². The fourth-order valence-electron chi connectivity index (χ4n) is 4.74. The Labute approximate surface area is 187 Å². The molecule has 1 aromatic carbocycles. The largest absolute Gasteiger partial charge is 0.103 e. The zero-order valence-electron chi connectivity index (χ0n) is 21.6. The molecule has 0 fully saturated rings. The van der Waals surface area contributed by atoms with Gasteiger partial charge in [0.05, 0.1) is 0 Å². The molecule has 0 heteroatoms. The number of hydrogen-bond acceptors (Lipinski definition) is 0. The summed E-state index contributed by atoms with van der Waals surface area (Å²) in [5.74, 6) is 2.29. The molecule has 2 aliphatic rings. The maximum atomic E-state index is 3.56. The molecule has 0 radical (unpaired) electrons. The van der Waals surface area contributed by atoms with Gasteiger partial charge in [-0.05, 0) is 60.8 Å². The molecule has 0 saturated carbocycles. The summed E-state index contributed by atoms with van der Waals surface area (Å²) in [5.41, 5.74) is 9.40. The van der Waals surface area contributed by atoms with Crippen LogP contribution < -0.4 is 0 Å². The van der Waals surface area contributed by atoms with Crippen LogP contribution in [-0.4, -0.2) is 0 Å². The van der Waals surface area contributed by atoms with Gasteiger partial charge in [0.15, 0.2) is 0 Å². The molecule has 2 aliphatic carbocycles. The average molecular weight is 407 g/mol. The number of benzene rings is 1. The molecule has 0 heterocycles. The summed E-state index contributed by atoms with van der Waals surface area (Å²) in [5, 5.41) is 0. The molecular weight excluding hydrogens is 360 g/mol. The summed E-state index contributed by atoms with van der Waals surface area (Å²) in [7, 11) is 0. The Bertz CT molecular complexity index is 811. The molecule has 0 aromatic heterocycles. The van der Waals surface area contributed by atoms with Gasteiger partial charge >= 0.3 is 0 Å². The van der Waals surface area contributed by atoms with Gasteiger partial charge in [-0.15, -0.1) is 6.58 Å². The Hall–Kier alpha value is -1.82. The van der Waals surface area contributed by atoms with Crippen LogP contribution in [0.2, 0.25) is 0 Å². The molecule has 1 aromatic rings. The molecule has 166 valence electrons. The second-order valence-electron chi connectivity index (χ2n) is 9.46. The second kappa shape index (κ2) is 11.0. The maximum absolute atomic E-state index is 3.56. The topological polar surface area (TPSA) is 0 Å². The number of rotatable bonds is 3. The predicted octanol–water partition coefficient (Wildman–Crippen LogP) is 9.43. The van der Waals surface area contributed by atoms with E-state index in [1.807, 2.05) is 19.9 Å². The van der Waals surface area contributed by atoms with E-state index in [1.165, 1.54) is 22.3 Å². The Morgan fingerprint density at radius 2 is 1.60 bits per heavy atom. The minimum Gasteiger partial charge on any atom is -0.103 e. The van der Waals surface area contributed by atoms with Crippen molar-refractivity contribution in [3.63, 3.8) is 0 Å². The quantitative estimate of drug-likeness (QED) is 0.438. The van der Waals surface area contributed by atoms with Gasteiger partial charge in [0, 0.05) is 11.3 Å². The number of hydrogen-bond donors (Lipinski definition) is 0. The Morgan fingerprint density at radius 3 is 2.10 bits per heavy atom. The lowest BCUT2D eigenvalue weighted by molar-refractivity contribution is 0.530. The van der Waals surface area contributed by atoms with Crippen molar-refractivity contribution in [3.8, 4) is 0 Å². The van der Waals surface area contributed by atoms with Crippen molar-refractivity contribution < 1.29 is 0 Å². The van der Waals surface area contributed by atoms with Crippen molar-refractivity contribution in [2.75, 3.05) is 0 Å². The normalized spacial score (nSPS) is 22.0. The highest BCUT2D eigenvalue weighted by atomic mass is 14.5. The smallest absolute Gasteiger partial charge is 0.0129 e. The minimum absolute atomic E-state index is 0.151. The summed E-state index contributed by atoms with van der Waals surface area (Å²) in [4.78, 5) is 0. The van der Waals surface area contributed by atoms with E-state index in [2.05, 4.69) is 105 Å². The summed E-state index contributed by atoms with van der Waals surface area (Å²) >= 11 is 0. The molecule has 0 saturated heterocycles. The third-order valence-electron chi connectivity index (χ3n) is 6.78. The number of allylic oxidation sites excluding steroid dienone is 7. The first-order valence-corrected chi connectivity index (χ1v) is 11.9. The fraction of sp³-hybridized carbons (Fsp3) is 0.533. The Balaban J connectivity index is 0.000000565. The zero-order chi connectivity index (χ0) is 23.2. The molecule has 0 amide bonds. The summed E-state index contributed by atoms with van der Waals surface area (Å²) in [6, 6.07) is 4.77. The van der Waals surface area contributed by atoms with Gasteiger partial charge < -0.3 is 0 Å². The van der Waals surface area contributed by atoms with Crippen LogP contribution in [0.3, 0.4) is 0 Å². The van der Waals surface area contributed by atoms with E-state index in [1.54, 1.807) is 11.1 Å². The monoisotopic (exact) mass is 406 g/mol. The van der Waals surface area contributed by atoms with E-state index in [-0.39, 0.29) is 5.41 Å². The third kappa shape index (κ3) is 5.08. The van der Waals surface area contributed by atoms with E-state index >= 15 is 0 Å². The molecule has 30 heavy (non-hydrogen) atoms. The lowest BCUT2D eigenvalue weighted by Gasteiger charge is -2.31. The van der Waals surface area contributed by atoms with Gasteiger partial charge in [0.1, 0.15) is 0 Å². The minimum atomic E-state index is 0.151. The van der Waals surface area contributed by atoms with Crippen LogP contribution >= 0.6 is 0 Å². The van der Waals surface area contributed by atoms with Crippen molar-refractivity contribution in [1.82, 2.24) is 0 Å². The lowest BCUT2D eigenvalue weighted by atomic mass is 9.73. The molecular formula is C30H46. The highest BCUT2D eigenvalue weighted by Gasteiger charge is 2.45. The van der Waals surface area contributed by atoms with Gasteiger partial charge in [0.25, 0.3) is 0 Å². The molecule has 0 bridgehead atoms. The van der Waals surface area contributed by atoms with Crippen LogP contribution in [0.1, 0.15) is 103 Å². The van der Waals surface area contributed by atoms with E-state index < -0.39 is 0 Å². The van der Waals surface area contributed by atoms with Gasteiger partial charge in [-0.2, -0.15) is 0 Å². The van der Waals surface area contributed by atoms with E-state index in [4.69, 9.17) is 0 Å². The first-order valence-electron chi connectivity index (χ1n) is 11.9. The standard InChI is InChI=1S/C23H30.C5H10.C2H6/c1-8-9-15(3)18-11-13-20-22(17(18)5)21-16(4)14(2)10-12-19(21)23(20,6)7;1-4-5(2)3;1-2/h8-13,15-16,21H,1-7H3;4-5H,1H2,2-3H3;1-2H3/b9-8-;;. The van der Waals surface area contributed by atoms with E-state index in [0.29, 0.717) is 23.7 Å². The highest BCUT2D eigenvalue weighted by Crippen LogP contribution is 2.57. The van der Waals surface area contributed by atoms with Gasteiger partial charge in [-0.1, -0.05) is 109 Å². The Morgan fingerprint density at radius 1 is 1.03 bits per heavy atom. The van der Waals surface area contributed by atoms with Crippen molar-refractivity contribution in [1.29, 1.82) is 0 Å². The molecule has 0 N–H and O–H groups in total. The fourth-order valence-corrected chi connectivity index (χ4v) is 4.74. The summed E-state index contributed by atoms with van der Waals surface area (Å²) in [6.07, 6.45) is 11.1. The van der Waals surface area contributed by atoms with E-state index in [9.17, 15) is 0 Å². The SMILES string of the molecule is C/C=C\C(C)c1ccc2c(c1C)C1C(=CC=C(C)C1C)C2(C)C.C=CC(C)C.CC. The van der Waals surface area contributed by atoms with Crippen LogP contribution in [0.15, 0.2) is 60.2 Å². The predicted molar refractivity (Wildman–Crippen MR) is 138 cm³/mol. The van der Waals surface area contributed by atoms with Crippen LogP contribution in [0.5, 0.6) is 0 Å². The van der Waals surface area contributed by atoms with Gasteiger partial charge in [0.2, 0.25) is 0 Å². The van der Waals surface area contributed by atoms with Crippen LogP contribution in [0.4, 0.5) is 0 Å². The molecule has 3 atom stereocenters. The molecule has 0 nitrogen and oxygen atoms in total. The average Bonchev–Trinajstić information content (AvgIpc) is 2.95. The van der Waals surface area contributed by atoms with Gasteiger partial charge in [-0.3, -0.25) is 0 Å². The lowest BCUT2D eigenvalue weighted by Crippen LogP contribution is -2.21. The number of fused-ring (bicyclic) bond motifs is 3. The second-order valence-corrected chi connectivity index (χ2v) is 9.46. The molecule has 0 aliphatic heterocycles. The molecule has 3 rings (SSSR count). The third-order valence-corrected chi connectivity index (χ3v) is 6.78. The van der Waals surface area contributed by atoms with Gasteiger partial charge in [-0.25, -0.2) is 0 Å². The first-order chi connectivity index (χ1) is 14.1. The van der Waals surface area contributed by atoms with Crippen molar-refractivity contribution in [3.05, 3.63) is 82.5 Å². The molecule has 3 unspecified atom stereocenters. The van der Waals surface area contributed by atoms with Crippen LogP contribution in [0, 0.1) is 18.8 Å². The molecule has 0 spiro atoms. The summed E-state index contributed by atoms with van der Waals surface area (Å²) < 4.78 is 0. The summed E-state index contributed by atoms with van der Waals surface area (Å²) in [6.45, 7) is 28.0. The van der Waals surface area contributed by atoms with Crippen molar-refractivity contribution in [2.24, 2.45) is 11.8 Å². The van der Waals surface area contributed by atoms with Crippen molar-refractivity contribution >= 4 is 0 Å². The van der Waals surface area contributed by atoms with Crippen LogP contribution in [0.25, 0.3) is 0 Å². The Kier molecular flexibility index (Phi) is 9.60. The first kappa shape index (κ1) is 26.2. The maximum Gasteiger partial charge on any atom is 0.0129 e. The highest BCUT2D eigenvalue weighted by molar-refractivity contribution is 5.62. The van der Waals surface area contributed by atoms with E-state index in [0.717, 1.165) is 0 Å². The van der Waals surface area contributed by atoms with Crippen molar-refractivity contribution in [2.45, 2.75) is 93.4 Å².